The second-order valence-electron chi connectivity index (χ2n) is 8.19. The molecule has 5 nitrogen and oxygen atoms in total. The molecule has 0 radical (unpaired) electrons. The molecule has 0 saturated heterocycles. The van der Waals surface area contributed by atoms with Gasteiger partial charge < -0.3 is 5.32 Å². The van der Waals surface area contributed by atoms with Gasteiger partial charge in [-0.25, -0.2) is 8.42 Å². The molecule has 7 heteroatoms. The van der Waals surface area contributed by atoms with E-state index in [2.05, 4.69) is 5.32 Å². The molecule has 3 rings (SSSR count). The zero-order valence-corrected chi connectivity index (χ0v) is 19.4. The Morgan fingerprint density at radius 2 is 1.60 bits per heavy atom. The Labute approximate surface area is 183 Å². The van der Waals surface area contributed by atoms with Crippen LogP contribution in [-0.2, 0) is 14.8 Å². The molecular formula is C23H27ClN2O3S. The molecule has 0 fully saturated rings. The lowest BCUT2D eigenvalue weighted by molar-refractivity contribution is -0.118. The molecule has 1 N–H and O–H groups in total. The summed E-state index contributed by atoms with van der Waals surface area (Å²) in [6, 6.07) is 13.9. The van der Waals surface area contributed by atoms with Crippen molar-refractivity contribution >= 4 is 38.8 Å². The van der Waals surface area contributed by atoms with Crippen LogP contribution in [0.3, 0.4) is 0 Å². The number of anilines is 1. The average Bonchev–Trinajstić information content (AvgIpc) is 2.68. The van der Waals surface area contributed by atoms with Crippen LogP contribution in [0.4, 0.5) is 5.69 Å². The molecule has 0 spiro atoms. The molecule has 1 amide bonds. The molecule has 160 valence electrons. The monoisotopic (exact) mass is 446 g/mol. The molecule has 0 aliphatic carbocycles. The van der Waals surface area contributed by atoms with Gasteiger partial charge in [0.1, 0.15) is 0 Å². The fourth-order valence-electron chi connectivity index (χ4n) is 3.94. The van der Waals surface area contributed by atoms with Gasteiger partial charge in [0.25, 0.3) is 15.9 Å². The molecule has 1 aliphatic rings. The van der Waals surface area contributed by atoms with Crippen LogP contribution in [-0.4, -0.2) is 27.4 Å². The van der Waals surface area contributed by atoms with Gasteiger partial charge in [-0.15, -0.1) is 0 Å². The van der Waals surface area contributed by atoms with Crippen molar-refractivity contribution in [1.82, 2.24) is 5.32 Å². The van der Waals surface area contributed by atoms with Crippen LogP contribution in [0.25, 0.3) is 5.57 Å². The number of halogens is 1. The Hall–Kier alpha value is -2.31. The minimum Gasteiger partial charge on any atom is -0.348 e. The molecule has 0 saturated carbocycles. The summed E-state index contributed by atoms with van der Waals surface area (Å²) in [5.74, 6) is -0.292. The van der Waals surface area contributed by atoms with Crippen LogP contribution in [0.2, 0.25) is 5.02 Å². The fraction of sp³-hybridized carbons (Fsp3) is 0.348. The predicted molar refractivity (Wildman–Crippen MR) is 123 cm³/mol. The van der Waals surface area contributed by atoms with Gasteiger partial charge in [0.05, 0.1) is 5.69 Å². The number of sulfonamides is 1. The van der Waals surface area contributed by atoms with Gasteiger partial charge in [-0.2, -0.15) is 0 Å². The highest BCUT2D eigenvalue weighted by atomic mass is 35.5. The number of carbonyl (C=O) groups excluding carboxylic acids is 1. The van der Waals surface area contributed by atoms with Gasteiger partial charge in [0, 0.05) is 29.2 Å². The lowest BCUT2D eigenvalue weighted by atomic mass is 9.92. The number of nitrogens with one attached hydrogen (secondary N) is 1. The first-order valence-electron chi connectivity index (χ1n) is 9.95. The van der Waals surface area contributed by atoms with E-state index in [-0.39, 0.29) is 22.8 Å². The number of nitrogens with zero attached hydrogens (tertiary/aromatic N) is 1. The summed E-state index contributed by atoms with van der Waals surface area (Å²) >= 11 is 6.25. The maximum Gasteiger partial charge on any atom is 0.270 e. The van der Waals surface area contributed by atoms with Crippen molar-refractivity contribution in [3.8, 4) is 0 Å². The molecular weight excluding hydrogens is 420 g/mol. The number of benzene rings is 2. The second kappa shape index (κ2) is 8.44. The van der Waals surface area contributed by atoms with E-state index in [1.807, 2.05) is 45.9 Å². The van der Waals surface area contributed by atoms with Gasteiger partial charge in [-0.3, -0.25) is 9.10 Å². The van der Waals surface area contributed by atoms with E-state index in [1.54, 1.807) is 30.3 Å². The third kappa shape index (κ3) is 3.98. The van der Waals surface area contributed by atoms with E-state index >= 15 is 0 Å². The summed E-state index contributed by atoms with van der Waals surface area (Å²) < 4.78 is 28.1. The standard InChI is InChI=1S/C23H27ClN2O3S/c1-14(2)21(15(3)4)25-23(27)22-20(16-9-7-6-8-10-16)18-13-17(24)11-12-19(18)26(5)30(22,28)29/h6-15,21H,1-5H3,(H,25,27). The van der Waals surface area contributed by atoms with E-state index in [4.69, 9.17) is 11.6 Å². The maximum atomic E-state index is 13.5. The van der Waals surface area contributed by atoms with E-state index in [0.29, 0.717) is 27.4 Å². The van der Waals surface area contributed by atoms with Crippen LogP contribution >= 0.6 is 11.6 Å². The van der Waals surface area contributed by atoms with Crippen LogP contribution in [0, 0.1) is 11.8 Å². The van der Waals surface area contributed by atoms with Gasteiger partial charge in [-0.1, -0.05) is 69.6 Å². The van der Waals surface area contributed by atoms with E-state index in [0.717, 1.165) is 4.31 Å². The lowest BCUT2D eigenvalue weighted by Gasteiger charge is -2.33. The quantitative estimate of drug-likeness (QED) is 0.725. The summed E-state index contributed by atoms with van der Waals surface area (Å²) in [6.45, 7) is 8.03. The number of amides is 1. The number of rotatable bonds is 5. The molecule has 0 bridgehead atoms. The smallest absolute Gasteiger partial charge is 0.270 e. The number of fused-ring (bicyclic) bond motifs is 1. The Kier molecular flexibility index (Phi) is 6.29. The van der Waals surface area contributed by atoms with Crippen molar-refractivity contribution in [2.75, 3.05) is 11.4 Å². The summed E-state index contributed by atoms with van der Waals surface area (Å²) in [6.07, 6.45) is 0. The third-order valence-electron chi connectivity index (χ3n) is 5.42. The van der Waals surface area contributed by atoms with Crippen molar-refractivity contribution in [3.05, 3.63) is 69.6 Å². The van der Waals surface area contributed by atoms with Gasteiger partial charge in [-0.05, 0) is 35.6 Å². The third-order valence-corrected chi connectivity index (χ3v) is 7.47. The van der Waals surface area contributed by atoms with Crippen molar-refractivity contribution in [2.24, 2.45) is 11.8 Å². The van der Waals surface area contributed by atoms with Crippen LogP contribution < -0.4 is 9.62 Å². The zero-order valence-electron chi connectivity index (χ0n) is 17.8. The molecule has 0 aromatic heterocycles. The van der Waals surface area contributed by atoms with Crippen molar-refractivity contribution in [3.63, 3.8) is 0 Å². The number of hydrogen-bond acceptors (Lipinski definition) is 3. The first-order valence-corrected chi connectivity index (χ1v) is 11.8. The average molecular weight is 447 g/mol. The SMILES string of the molecule is CC(C)C(NC(=O)C1=C(c2ccccc2)c2cc(Cl)ccc2N(C)S1(=O)=O)C(C)C. The fourth-order valence-corrected chi connectivity index (χ4v) is 5.59. The van der Waals surface area contributed by atoms with Crippen LogP contribution in [0.5, 0.6) is 0 Å². The number of carbonyl (C=O) groups is 1. The normalized spacial score (nSPS) is 15.7. The Morgan fingerprint density at radius 3 is 2.17 bits per heavy atom. The molecule has 1 aliphatic heterocycles. The predicted octanol–water partition coefficient (Wildman–Crippen LogP) is 4.68. The first kappa shape index (κ1) is 22.4. The summed E-state index contributed by atoms with van der Waals surface area (Å²) in [5, 5.41) is 3.44. The largest absolute Gasteiger partial charge is 0.348 e. The summed E-state index contributed by atoms with van der Waals surface area (Å²) in [4.78, 5) is 13.2. The number of hydrogen-bond donors (Lipinski definition) is 1. The first-order chi connectivity index (χ1) is 14.1. The summed E-state index contributed by atoms with van der Waals surface area (Å²) in [5.41, 5.74) is 2.12. The van der Waals surface area contributed by atoms with Crippen molar-refractivity contribution in [2.45, 2.75) is 33.7 Å². The van der Waals surface area contributed by atoms with E-state index in [9.17, 15) is 13.2 Å². The molecule has 0 atom stereocenters. The van der Waals surface area contributed by atoms with Crippen molar-refractivity contribution in [1.29, 1.82) is 0 Å². The molecule has 30 heavy (non-hydrogen) atoms. The zero-order chi connectivity index (χ0) is 22.2. The molecule has 2 aromatic rings. The van der Waals surface area contributed by atoms with E-state index in [1.165, 1.54) is 7.05 Å². The molecule has 1 heterocycles. The second-order valence-corrected chi connectivity index (χ2v) is 10.5. The molecule has 2 aromatic carbocycles. The van der Waals surface area contributed by atoms with E-state index < -0.39 is 15.9 Å². The Balaban J connectivity index is 2.31. The highest BCUT2D eigenvalue weighted by Gasteiger charge is 2.40. The Morgan fingerprint density at radius 1 is 1.00 bits per heavy atom. The van der Waals surface area contributed by atoms with Crippen LogP contribution in [0.15, 0.2) is 53.4 Å². The van der Waals surface area contributed by atoms with Gasteiger partial charge in [0.2, 0.25) is 0 Å². The van der Waals surface area contributed by atoms with Gasteiger partial charge in [0.15, 0.2) is 4.91 Å². The van der Waals surface area contributed by atoms with Crippen molar-refractivity contribution < 1.29 is 13.2 Å². The van der Waals surface area contributed by atoms with Crippen LogP contribution in [0.1, 0.15) is 38.8 Å². The Bertz CT molecular complexity index is 1080. The lowest BCUT2D eigenvalue weighted by Crippen LogP contribution is -2.46. The summed E-state index contributed by atoms with van der Waals surface area (Å²) in [7, 11) is -2.61. The maximum absolute atomic E-state index is 13.5. The van der Waals surface area contributed by atoms with Gasteiger partial charge >= 0.3 is 0 Å². The minimum atomic E-state index is -4.06. The topological polar surface area (TPSA) is 66.5 Å². The molecule has 0 unspecified atom stereocenters. The highest BCUT2D eigenvalue weighted by molar-refractivity contribution is 7.97. The highest BCUT2D eigenvalue weighted by Crippen LogP contribution is 2.43. The minimum absolute atomic E-state index is 0.153.